The van der Waals surface area contributed by atoms with Gasteiger partial charge in [0.15, 0.2) is 17.5 Å². The Morgan fingerprint density at radius 2 is 1.86 bits per heavy atom. The van der Waals surface area contributed by atoms with Crippen molar-refractivity contribution < 1.29 is 22.6 Å². The average Bonchev–Trinajstić information content (AvgIpc) is 2.65. The van der Waals surface area contributed by atoms with Crippen LogP contribution in [0.15, 0.2) is 47.5 Å². The van der Waals surface area contributed by atoms with Crippen LogP contribution in [0.4, 0.5) is 18.9 Å². The van der Waals surface area contributed by atoms with Gasteiger partial charge in [-0.05, 0) is 36.8 Å². The quantitative estimate of drug-likeness (QED) is 0.330. The molecule has 0 atom stereocenters. The number of anilines is 1. The van der Waals surface area contributed by atoms with Gasteiger partial charge in [0, 0.05) is 25.3 Å². The summed E-state index contributed by atoms with van der Waals surface area (Å²) in [5.74, 6) is 1.60. The Kier molecular flexibility index (Phi) is 9.36. The Balaban J connectivity index is 0.00000392. The molecule has 0 radical (unpaired) electrons. The van der Waals surface area contributed by atoms with Gasteiger partial charge in [-0.25, -0.2) is 0 Å². The second-order valence-corrected chi connectivity index (χ2v) is 5.55. The molecule has 154 valence electrons. The highest BCUT2D eigenvalue weighted by Gasteiger charge is 2.30. The van der Waals surface area contributed by atoms with E-state index < -0.39 is 11.7 Å². The first-order valence-corrected chi connectivity index (χ1v) is 8.32. The van der Waals surface area contributed by atoms with E-state index in [2.05, 4.69) is 15.6 Å². The molecule has 0 aliphatic heterocycles. The Bertz CT molecular complexity index is 798. The van der Waals surface area contributed by atoms with Gasteiger partial charge in [-0.3, -0.25) is 4.99 Å². The number of hydrogen-bond donors (Lipinski definition) is 2. The second-order valence-electron chi connectivity index (χ2n) is 5.55. The molecule has 2 rings (SSSR count). The Hall–Kier alpha value is -2.17. The summed E-state index contributed by atoms with van der Waals surface area (Å²) in [6, 6.07) is 10.5. The summed E-state index contributed by atoms with van der Waals surface area (Å²) in [5.41, 5.74) is 0.519. The summed E-state index contributed by atoms with van der Waals surface area (Å²) in [4.78, 5) is 4.08. The molecule has 9 heteroatoms. The van der Waals surface area contributed by atoms with Gasteiger partial charge < -0.3 is 20.1 Å². The first-order chi connectivity index (χ1) is 12.9. The summed E-state index contributed by atoms with van der Waals surface area (Å²) >= 11 is 0. The number of aliphatic imine (C=N–C) groups is 1. The molecule has 0 saturated carbocycles. The highest BCUT2D eigenvalue weighted by Crippen LogP contribution is 2.30. The molecule has 0 amide bonds. The first-order valence-electron chi connectivity index (χ1n) is 8.32. The molecule has 2 N–H and O–H groups in total. The lowest BCUT2D eigenvalue weighted by molar-refractivity contribution is -0.137. The van der Waals surface area contributed by atoms with Crippen molar-refractivity contribution in [2.24, 2.45) is 4.99 Å². The van der Waals surface area contributed by atoms with E-state index in [0.717, 1.165) is 12.1 Å². The number of benzene rings is 2. The predicted molar refractivity (Wildman–Crippen MR) is 115 cm³/mol. The lowest BCUT2D eigenvalue weighted by atomic mass is 10.1. The summed E-state index contributed by atoms with van der Waals surface area (Å²) in [5, 5.41) is 6.06. The number of nitrogens with one attached hydrogen (secondary N) is 2. The van der Waals surface area contributed by atoms with Gasteiger partial charge in [-0.15, -0.1) is 24.0 Å². The summed E-state index contributed by atoms with van der Waals surface area (Å²) in [7, 11) is 3.12. The van der Waals surface area contributed by atoms with Crippen LogP contribution in [0.5, 0.6) is 11.5 Å². The fourth-order valence-corrected chi connectivity index (χ4v) is 2.38. The van der Waals surface area contributed by atoms with Crippen LogP contribution in [0.3, 0.4) is 0 Å². The van der Waals surface area contributed by atoms with Crippen LogP contribution in [0.2, 0.25) is 0 Å². The first kappa shape index (κ1) is 23.9. The van der Waals surface area contributed by atoms with E-state index in [-0.39, 0.29) is 30.5 Å². The molecule has 0 saturated heterocycles. The third-order valence-electron chi connectivity index (χ3n) is 3.66. The monoisotopic (exact) mass is 509 g/mol. The van der Waals surface area contributed by atoms with Crippen molar-refractivity contribution in [2.45, 2.75) is 19.6 Å². The summed E-state index contributed by atoms with van der Waals surface area (Å²) in [6.45, 7) is 2.59. The minimum absolute atomic E-state index is 0. The lowest BCUT2D eigenvalue weighted by Gasteiger charge is -2.15. The van der Waals surface area contributed by atoms with Crippen LogP contribution in [-0.4, -0.2) is 26.7 Å². The molecule has 2 aromatic carbocycles. The molecule has 0 heterocycles. The number of alkyl halides is 3. The van der Waals surface area contributed by atoms with Gasteiger partial charge in [0.05, 0.1) is 19.3 Å². The van der Waals surface area contributed by atoms with Crippen LogP contribution in [0, 0.1) is 0 Å². The summed E-state index contributed by atoms with van der Waals surface area (Å²) in [6.07, 6.45) is -4.37. The number of rotatable bonds is 6. The third kappa shape index (κ3) is 6.77. The van der Waals surface area contributed by atoms with Crippen LogP contribution in [-0.2, 0) is 12.7 Å². The third-order valence-corrected chi connectivity index (χ3v) is 3.66. The van der Waals surface area contributed by atoms with Gasteiger partial charge in [0.1, 0.15) is 0 Å². The zero-order chi connectivity index (χ0) is 19.9. The fraction of sp³-hybridized carbons (Fsp3) is 0.316. The molecular weight excluding hydrogens is 486 g/mol. The molecule has 2 aromatic rings. The van der Waals surface area contributed by atoms with E-state index in [4.69, 9.17) is 9.47 Å². The van der Waals surface area contributed by atoms with Crippen molar-refractivity contribution in [2.75, 3.05) is 26.1 Å². The van der Waals surface area contributed by atoms with E-state index in [1.165, 1.54) is 6.07 Å². The zero-order valence-corrected chi connectivity index (χ0v) is 18.1. The van der Waals surface area contributed by atoms with Crippen molar-refractivity contribution in [3.8, 4) is 11.5 Å². The molecule has 0 unspecified atom stereocenters. The summed E-state index contributed by atoms with van der Waals surface area (Å²) < 4.78 is 49.2. The predicted octanol–water partition coefficient (Wildman–Crippen LogP) is 4.92. The number of methoxy groups -OCH3 is 1. The number of ether oxygens (including phenoxy) is 2. The average molecular weight is 509 g/mol. The molecule has 5 nitrogen and oxygen atoms in total. The Morgan fingerprint density at radius 1 is 1.11 bits per heavy atom. The minimum atomic E-state index is -4.37. The number of hydrogen-bond acceptors (Lipinski definition) is 3. The van der Waals surface area contributed by atoms with E-state index in [1.54, 1.807) is 38.4 Å². The van der Waals surface area contributed by atoms with Crippen LogP contribution in [0.25, 0.3) is 0 Å². The minimum Gasteiger partial charge on any atom is -0.493 e. The van der Waals surface area contributed by atoms with Crippen molar-refractivity contribution in [3.05, 3.63) is 53.6 Å². The molecule has 0 aromatic heterocycles. The smallest absolute Gasteiger partial charge is 0.416 e. The van der Waals surface area contributed by atoms with Crippen molar-refractivity contribution in [3.63, 3.8) is 0 Å². The second kappa shape index (κ2) is 11.0. The molecule has 0 aliphatic carbocycles. The Morgan fingerprint density at radius 3 is 2.46 bits per heavy atom. The molecule has 0 bridgehead atoms. The van der Waals surface area contributed by atoms with Gasteiger partial charge in [0.25, 0.3) is 0 Å². The SMILES string of the molecule is CCOc1ccc(NC(=NC)NCc2cccc(C(F)(F)F)c2)cc1OC.I. The van der Waals surface area contributed by atoms with Gasteiger partial charge in [-0.2, -0.15) is 13.2 Å². The maximum absolute atomic E-state index is 12.8. The van der Waals surface area contributed by atoms with Crippen LogP contribution < -0.4 is 20.1 Å². The molecule has 0 spiro atoms. The molecule has 0 fully saturated rings. The van der Waals surface area contributed by atoms with Crippen LogP contribution in [0.1, 0.15) is 18.1 Å². The van der Waals surface area contributed by atoms with E-state index >= 15 is 0 Å². The van der Waals surface area contributed by atoms with E-state index in [0.29, 0.717) is 35.3 Å². The lowest BCUT2D eigenvalue weighted by Crippen LogP contribution is -2.30. The van der Waals surface area contributed by atoms with Gasteiger partial charge in [0.2, 0.25) is 0 Å². The highest BCUT2D eigenvalue weighted by atomic mass is 127. The number of guanidine groups is 1. The van der Waals surface area contributed by atoms with Gasteiger partial charge in [-0.1, -0.05) is 12.1 Å². The largest absolute Gasteiger partial charge is 0.493 e. The van der Waals surface area contributed by atoms with E-state index in [1.807, 2.05) is 6.92 Å². The fourth-order valence-electron chi connectivity index (χ4n) is 2.38. The van der Waals surface area contributed by atoms with Gasteiger partial charge >= 0.3 is 6.18 Å². The number of halogens is 4. The molecule has 28 heavy (non-hydrogen) atoms. The van der Waals surface area contributed by atoms with Crippen molar-refractivity contribution in [1.82, 2.24) is 5.32 Å². The Labute approximate surface area is 179 Å². The number of nitrogens with zero attached hydrogens (tertiary/aromatic N) is 1. The maximum Gasteiger partial charge on any atom is 0.416 e. The van der Waals surface area contributed by atoms with E-state index in [9.17, 15) is 13.2 Å². The normalized spacial score (nSPS) is 11.4. The van der Waals surface area contributed by atoms with Crippen molar-refractivity contribution in [1.29, 1.82) is 0 Å². The molecule has 0 aliphatic rings. The van der Waals surface area contributed by atoms with Crippen LogP contribution >= 0.6 is 24.0 Å². The zero-order valence-electron chi connectivity index (χ0n) is 15.8. The molecular formula is C19H23F3IN3O2. The standard InChI is InChI=1S/C19H22F3N3O2.HI/c1-4-27-16-9-8-15(11-17(16)26-3)25-18(23-2)24-12-13-6-5-7-14(10-13)19(20,21)22;/h5-11H,4,12H2,1-3H3,(H2,23,24,25);1H. The highest BCUT2D eigenvalue weighted by molar-refractivity contribution is 14.0. The van der Waals surface area contributed by atoms with Crippen molar-refractivity contribution >= 4 is 35.6 Å². The maximum atomic E-state index is 12.8. The topological polar surface area (TPSA) is 54.9 Å².